The summed E-state index contributed by atoms with van der Waals surface area (Å²) in [5, 5.41) is 16.1. The van der Waals surface area contributed by atoms with Crippen LogP contribution in [-0.2, 0) is 5.41 Å². The van der Waals surface area contributed by atoms with E-state index in [1.54, 1.807) is 23.3 Å². The number of nitrogens with zero attached hydrogens (tertiary/aromatic N) is 3. The van der Waals surface area contributed by atoms with Crippen LogP contribution < -0.4 is 5.73 Å². The molecule has 5 heteroatoms. The Bertz CT molecular complexity index is 532. The first-order chi connectivity index (χ1) is 10.0. The van der Waals surface area contributed by atoms with Crippen LogP contribution in [-0.4, -0.2) is 17.9 Å². The Morgan fingerprint density at radius 3 is 2.57 bits per heavy atom. The van der Waals surface area contributed by atoms with E-state index in [1.807, 2.05) is 12.1 Å². The van der Waals surface area contributed by atoms with Gasteiger partial charge in [-0.05, 0) is 23.6 Å². The number of nitriles is 1. The monoisotopic (exact) mass is 304 g/mol. The third-order valence-corrected chi connectivity index (χ3v) is 4.10. The van der Waals surface area contributed by atoms with Gasteiger partial charge in [-0.2, -0.15) is 10.4 Å². The minimum atomic E-state index is -0.708. The highest BCUT2D eigenvalue weighted by Crippen LogP contribution is 2.35. The highest BCUT2D eigenvalue weighted by atomic mass is 35.5. The van der Waals surface area contributed by atoms with E-state index in [4.69, 9.17) is 17.3 Å². The van der Waals surface area contributed by atoms with Gasteiger partial charge in [-0.1, -0.05) is 50.6 Å². The van der Waals surface area contributed by atoms with Gasteiger partial charge in [0, 0.05) is 11.2 Å². The van der Waals surface area contributed by atoms with Gasteiger partial charge < -0.3 is 5.73 Å². The third-order valence-electron chi connectivity index (χ3n) is 3.85. The molecule has 0 heterocycles. The van der Waals surface area contributed by atoms with E-state index in [1.165, 1.54) is 6.34 Å². The molecule has 1 aromatic rings. The van der Waals surface area contributed by atoms with E-state index in [-0.39, 0.29) is 5.92 Å². The van der Waals surface area contributed by atoms with Crippen LogP contribution in [0.4, 0.5) is 0 Å². The van der Waals surface area contributed by atoms with Gasteiger partial charge in [-0.3, -0.25) is 5.01 Å². The molecule has 1 aromatic carbocycles. The van der Waals surface area contributed by atoms with Gasteiger partial charge in [0.15, 0.2) is 0 Å². The molecule has 2 unspecified atom stereocenters. The van der Waals surface area contributed by atoms with E-state index in [0.717, 1.165) is 12.0 Å². The van der Waals surface area contributed by atoms with E-state index >= 15 is 0 Å². The quantitative estimate of drug-likeness (QED) is 0.476. The number of hydrogen-bond donors (Lipinski definition) is 1. The highest BCUT2D eigenvalue weighted by molar-refractivity contribution is 6.30. The summed E-state index contributed by atoms with van der Waals surface area (Å²) >= 11 is 5.95. The molecule has 0 aliphatic carbocycles. The van der Waals surface area contributed by atoms with Crippen molar-refractivity contribution in [2.75, 3.05) is 6.54 Å². The number of rotatable bonds is 7. The van der Waals surface area contributed by atoms with Crippen LogP contribution in [0.1, 0.15) is 25.8 Å². The molecule has 0 saturated heterocycles. The molecular weight excluding hydrogens is 284 g/mol. The van der Waals surface area contributed by atoms with Crippen molar-refractivity contribution >= 4 is 17.9 Å². The average molecular weight is 305 g/mol. The summed E-state index contributed by atoms with van der Waals surface area (Å²) in [5.41, 5.74) is 5.56. The van der Waals surface area contributed by atoms with Crippen LogP contribution in [0.25, 0.3) is 0 Å². The number of nitrogens with two attached hydrogens (primary N) is 1. The van der Waals surface area contributed by atoms with Gasteiger partial charge in [0.25, 0.3) is 0 Å². The smallest absolute Gasteiger partial charge is 0.106 e. The summed E-state index contributed by atoms with van der Waals surface area (Å²) in [6.07, 6.45) is 3.63. The Morgan fingerprint density at radius 1 is 1.52 bits per heavy atom. The number of benzene rings is 1. The molecule has 4 nitrogen and oxygen atoms in total. The van der Waals surface area contributed by atoms with Crippen LogP contribution in [0.3, 0.4) is 0 Å². The molecule has 0 fully saturated rings. The van der Waals surface area contributed by atoms with Gasteiger partial charge in [0.05, 0.1) is 12.6 Å². The van der Waals surface area contributed by atoms with Crippen molar-refractivity contribution in [3.05, 3.63) is 47.6 Å². The molecule has 0 aliphatic heterocycles. The summed E-state index contributed by atoms with van der Waals surface area (Å²) in [4.78, 5) is 0. The predicted octanol–water partition coefficient (Wildman–Crippen LogP) is 3.49. The molecule has 1 rings (SSSR count). The van der Waals surface area contributed by atoms with E-state index in [2.05, 4.69) is 31.6 Å². The Labute approximate surface area is 131 Å². The van der Waals surface area contributed by atoms with E-state index < -0.39 is 5.41 Å². The van der Waals surface area contributed by atoms with Crippen molar-refractivity contribution in [2.45, 2.75) is 25.7 Å². The van der Waals surface area contributed by atoms with Gasteiger partial charge in [0.1, 0.15) is 11.8 Å². The van der Waals surface area contributed by atoms with Gasteiger partial charge >= 0.3 is 0 Å². The Balaban J connectivity index is 3.31. The zero-order valence-corrected chi connectivity index (χ0v) is 13.2. The van der Waals surface area contributed by atoms with Crippen molar-refractivity contribution in [1.82, 2.24) is 5.01 Å². The van der Waals surface area contributed by atoms with Crippen molar-refractivity contribution in [2.24, 2.45) is 16.8 Å². The second-order valence-electron chi connectivity index (χ2n) is 4.94. The molecule has 0 aromatic heterocycles. The highest BCUT2D eigenvalue weighted by Gasteiger charge is 2.39. The molecule has 112 valence electrons. The summed E-state index contributed by atoms with van der Waals surface area (Å²) < 4.78 is 0. The molecule has 0 spiro atoms. The second kappa shape index (κ2) is 7.70. The zero-order valence-electron chi connectivity index (χ0n) is 12.5. The van der Waals surface area contributed by atoms with Gasteiger partial charge in [-0.15, -0.1) is 0 Å². The second-order valence-corrected chi connectivity index (χ2v) is 5.38. The first kappa shape index (κ1) is 17.1. The van der Waals surface area contributed by atoms with Crippen LogP contribution in [0.15, 0.2) is 42.1 Å². The topological polar surface area (TPSA) is 65.4 Å². The fourth-order valence-corrected chi connectivity index (χ4v) is 2.46. The SMILES string of the molecule is C=CN(CC(C#N)(c1ccc(Cl)cc1)C(C)CC)/N=C\N. The summed E-state index contributed by atoms with van der Waals surface area (Å²) in [6, 6.07) is 9.87. The van der Waals surface area contributed by atoms with Crippen LogP contribution in [0, 0.1) is 17.2 Å². The van der Waals surface area contributed by atoms with Gasteiger partial charge in [-0.25, -0.2) is 0 Å². The lowest BCUT2D eigenvalue weighted by atomic mass is 9.70. The fraction of sp³-hybridized carbons (Fsp3) is 0.375. The minimum absolute atomic E-state index is 0.138. The van der Waals surface area contributed by atoms with E-state index in [0.29, 0.717) is 11.6 Å². The Kier molecular flexibility index (Phi) is 6.26. The van der Waals surface area contributed by atoms with Crippen molar-refractivity contribution in [1.29, 1.82) is 5.26 Å². The Morgan fingerprint density at radius 2 is 2.14 bits per heavy atom. The standard InChI is InChI=1S/C16H21ClN4/c1-4-13(3)16(10-18,11-21(5-2)20-12-19)14-6-8-15(17)9-7-14/h5-9,12-13H,2,4,11H2,1,3H3,(H2,19,20). The molecule has 0 saturated carbocycles. The van der Waals surface area contributed by atoms with Crippen molar-refractivity contribution in [3.8, 4) is 6.07 Å². The van der Waals surface area contributed by atoms with Crippen LogP contribution in [0.2, 0.25) is 5.02 Å². The number of hydrazone groups is 1. The maximum atomic E-state index is 9.89. The molecule has 21 heavy (non-hydrogen) atoms. The van der Waals surface area contributed by atoms with Gasteiger partial charge in [0.2, 0.25) is 0 Å². The summed E-state index contributed by atoms with van der Waals surface area (Å²) in [6.45, 7) is 8.23. The molecular formula is C16H21ClN4. The molecule has 0 radical (unpaired) electrons. The zero-order chi connectivity index (χ0) is 15.9. The summed E-state index contributed by atoms with van der Waals surface area (Å²) in [5.74, 6) is 0.138. The van der Waals surface area contributed by atoms with Crippen LogP contribution in [0.5, 0.6) is 0 Å². The molecule has 2 N–H and O–H groups in total. The maximum Gasteiger partial charge on any atom is 0.106 e. The van der Waals surface area contributed by atoms with E-state index in [9.17, 15) is 5.26 Å². The lowest BCUT2D eigenvalue weighted by molar-refractivity contribution is 0.255. The summed E-state index contributed by atoms with van der Waals surface area (Å²) in [7, 11) is 0. The normalized spacial score (nSPS) is 15.1. The Hall–Kier alpha value is -1.99. The largest absolute Gasteiger partial charge is 0.388 e. The average Bonchev–Trinajstić information content (AvgIpc) is 2.51. The first-order valence-corrected chi connectivity index (χ1v) is 7.22. The first-order valence-electron chi connectivity index (χ1n) is 6.84. The lowest BCUT2D eigenvalue weighted by Gasteiger charge is -2.35. The predicted molar refractivity (Wildman–Crippen MR) is 87.8 cm³/mol. The molecule has 0 bridgehead atoms. The fourth-order valence-electron chi connectivity index (χ4n) is 2.33. The number of halogens is 1. The molecule has 2 atom stereocenters. The minimum Gasteiger partial charge on any atom is -0.388 e. The van der Waals surface area contributed by atoms with Crippen LogP contribution >= 0.6 is 11.6 Å². The van der Waals surface area contributed by atoms with Crippen molar-refractivity contribution in [3.63, 3.8) is 0 Å². The maximum absolute atomic E-state index is 9.89. The number of hydrogen-bond acceptors (Lipinski definition) is 3. The lowest BCUT2D eigenvalue weighted by Crippen LogP contribution is -2.41. The molecule has 0 amide bonds. The van der Waals surface area contributed by atoms with Crippen molar-refractivity contribution < 1.29 is 0 Å². The third kappa shape index (κ3) is 3.77. The molecule has 0 aliphatic rings.